The first-order chi connectivity index (χ1) is 53.6. The van der Waals surface area contributed by atoms with Crippen molar-refractivity contribution in [1.29, 1.82) is 5.26 Å². The van der Waals surface area contributed by atoms with E-state index in [9.17, 15) is 95.2 Å². The lowest BCUT2D eigenvalue weighted by atomic mass is 10.0. The van der Waals surface area contributed by atoms with Crippen LogP contribution in [0.25, 0.3) is 22.4 Å². The highest BCUT2D eigenvalue weighted by atomic mass is 36.0. The summed E-state index contributed by atoms with van der Waals surface area (Å²) in [7, 11) is 7.36. The minimum atomic E-state index is -4.41. The van der Waals surface area contributed by atoms with Crippen molar-refractivity contribution in [3.63, 3.8) is 0 Å². The van der Waals surface area contributed by atoms with Gasteiger partial charge in [-0.25, -0.2) is 14.2 Å². The molecule has 1 fully saturated rings. The molecule has 10 rings (SSSR count). The van der Waals surface area contributed by atoms with Crippen LogP contribution in [-0.4, -0.2) is 98.7 Å². The molecule has 0 amide bonds. The molecule has 17 nitrogen and oxygen atoms in total. The van der Waals surface area contributed by atoms with Gasteiger partial charge >= 0.3 is 43.1 Å². The summed E-state index contributed by atoms with van der Waals surface area (Å²) in [6, 6.07) is 40.4. The van der Waals surface area contributed by atoms with E-state index in [4.69, 9.17) is 58.0 Å². The number of phenolic OH excluding ortho intramolecular Hbond substituents is 1. The van der Waals surface area contributed by atoms with Gasteiger partial charge in [-0.1, -0.05) is 121 Å². The van der Waals surface area contributed by atoms with Crippen LogP contribution in [0.3, 0.4) is 0 Å². The minimum Gasteiger partial charge on any atom is -0.508 e. The molecule has 9 aromatic rings. The number of nitrogens with zero attached hydrogens (tertiary/aromatic N) is 6. The number of hydrogen-bond donors (Lipinski definition) is 3. The van der Waals surface area contributed by atoms with Gasteiger partial charge in [0.2, 0.25) is 26.1 Å². The van der Waals surface area contributed by atoms with Gasteiger partial charge in [0, 0.05) is 78.4 Å². The number of fused-ring (bicyclic) bond motifs is 1. The van der Waals surface area contributed by atoms with Gasteiger partial charge in [0.05, 0.1) is 81.7 Å². The van der Waals surface area contributed by atoms with Crippen LogP contribution in [-0.2, 0) is 112 Å². The predicted octanol–water partition coefficient (Wildman–Crippen LogP) is 23.3. The average molecular weight is 1790 g/mol. The predicted molar refractivity (Wildman–Crippen MR) is 428 cm³/mol. The number of imidazole rings is 1. The summed E-state index contributed by atoms with van der Waals surface area (Å²) in [4.78, 5) is 55.2. The maximum atomic E-state index is 12.9. The molecule has 37 heteroatoms. The number of Topliss-reactive ketones (excluding diaryl/α,β-unsaturated/α-hetero) is 2. The molecule has 119 heavy (non-hydrogen) atoms. The first kappa shape index (κ1) is 111. The number of hydrogen-bond acceptors (Lipinski definition) is 13. The summed E-state index contributed by atoms with van der Waals surface area (Å²) >= 11 is 10.1. The van der Waals surface area contributed by atoms with Crippen molar-refractivity contribution in [1.82, 2.24) is 14.4 Å². The third kappa shape index (κ3) is 43.7. The monoisotopic (exact) mass is 1790 g/mol. The Hall–Kier alpha value is -9.75. The van der Waals surface area contributed by atoms with Crippen molar-refractivity contribution < 1.29 is 123 Å². The van der Waals surface area contributed by atoms with E-state index in [-0.39, 0.29) is 90.9 Å². The summed E-state index contributed by atoms with van der Waals surface area (Å²) in [5.41, 5.74) is 10.3. The summed E-state index contributed by atoms with van der Waals surface area (Å²) < 4.78 is 210. The van der Waals surface area contributed by atoms with Gasteiger partial charge < -0.3 is 30.3 Å². The molecule has 0 radical (unpaired) electrons. The topological polar surface area (TPSA) is 264 Å². The molecular weight excluding hydrogens is 1700 g/mol. The molecule has 1 aliphatic heterocycles. The molecule has 2 unspecified atom stereocenters. The van der Waals surface area contributed by atoms with E-state index in [2.05, 4.69) is 41.5 Å². The Morgan fingerprint density at radius 2 is 0.975 bits per heavy atom. The van der Waals surface area contributed by atoms with Gasteiger partial charge in [-0.05, 0) is 177 Å². The van der Waals surface area contributed by atoms with Gasteiger partial charge in [-0.15, -0.1) is 0 Å². The number of rotatable bonds is 18. The maximum Gasteiger partial charge on any atom is 0.416 e. The number of carbonyl (C=O) groups excluding carboxylic acids is 3. The van der Waals surface area contributed by atoms with Gasteiger partial charge in [-0.2, -0.15) is 75.9 Å². The highest BCUT2D eigenvalue weighted by molar-refractivity contribution is 8.26. The second-order valence-corrected chi connectivity index (χ2v) is 28.2. The van der Waals surface area contributed by atoms with Gasteiger partial charge in [-0.3, -0.25) is 27.9 Å². The van der Waals surface area contributed by atoms with Crippen molar-refractivity contribution in [3.8, 4) is 29.0 Å². The number of carbonyl (C=O) groups is 4. The van der Waals surface area contributed by atoms with Crippen molar-refractivity contribution in [3.05, 3.63) is 260 Å². The number of carboxylic acids is 1. The number of aromatic nitrogens is 3. The normalized spacial score (nSPS) is 12.4. The fourth-order valence-corrected chi connectivity index (χ4v) is 9.59. The van der Waals surface area contributed by atoms with E-state index in [1.165, 1.54) is 48.5 Å². The van der Waals surface area contributed by atoms with E-state index >= 15 is 0 Å². The molecule has 2 atom stereocenters. The highest BCUT2D eigenvalue weighted by Gasteiger charge is 2.34. The molecular formula is C82H89Cl4F15N6O11S. The summed E-state index contributed by atoms with van der Waals surface area (Å²) in [6.07, 6.45) is -16.7. The molecule has 0 bridgehead atoms. The van der Waals surface area contributed by atoms with Crippen LogP contribution >= 0.6 is 44.8 Å². The molecule has 2 aromatic heterocycles. The van der Waals surface area contributed by atoms with Crippen LogP contribution in [0.1, 0.15) is 156 Å². The Morgan fingerprint density at radius 1 is 0.605 bits per heavy atom. The fourth-order valence-electron chi connectivity index (χ4n) is 9.43. The molecule has 3 heterocycles. The van der Waals surface area contributed by atoms with Crippen LogP contribution in [0.5, 0.6) is 11.6 Å². The molecule has 0 spiro atoms. The van der Waals surface area contributed by atoms with Gasteiger partial charge in [0.15, 0.2) is 11.4 Å². The fraction of sp³-hybridized carbons (Fsp3) is 0.341. The summed E-state index contributed by atoms with van der Waals surface area (Å²) in [5.74, 6) is -1.66. The third-order valence-electron chi connectivity index (χ3n) is 15.0. The molecule has 1 aliphatic rings. The third-order valence-corrected chi connectivity index (χ3v) is 15.6. The largest absolute Gasteiger partial charge is 0.508 e. The van der Waals surface area contributed by atoms with Crippen molar-refractivity contribution in [2.75, 3.05) is 13.2 Å². The first-order valence-corrected chi connectivity index (χ1v) is 37.1. The van der Waals surface area contributed by atoms with E-state index < -0.39 is 91.0 Å². The van der Waals surface area contributed by atoms with Gasteiger partial charge in [0.1, 0.15) is 17.5 Å². The zero-order valence-electron chi connectivity index (χ0n) is 61.2. The quantitative estimate of drug-likeness (QED) is 0.0237. The van der Waals surface area contributed by atoms with Crippen molar-refractivity contribution in [2.24, 2.45) is 0 Å². The number of aromatic hydroxyl groups is 2. The average Bonchev–Trinajstić information content (AvgIpc) is 1.62. The molecule has 0 saturated carbocycles. The summed E-state index contributed by atoms with van der Waals surface area (Å²) in [6.45, 7) is 10.4. The number of carboxylic acid groups (broad SMARTS) is 1. The van der Waals surface area contributed by atoms with Crippen LogP contribution in [0.15, 0.2) is 182 Å². The van der Waals surface area contributed by atoms with E-state index in [0.29, 0.717) is 76.2 Å². The minimum absolute atomic E-state index is 0. The smallest absolute Gasteiger partial charge is 0.416 e. The standard InChI is InChI=1S/C27H20F3N3O2.C13H15F3O2.C10H7F3N2O.C9H6ClF3O.C9H7F3O2.C6H9NO.C4H9ClO.4CH4.Cl2OS/c28-27(29,30)20-10-6-18(7-11-20)15-23-26(35)33-16-24(19-8-12-21(34)13-9-19)31-22(25(33)32-23)14-17-4-2-1-3-5-17;1-3-18-9(2)12(17)8-10-4-6-11(7-5-10)13(14,15)16;11-10(12,13)8-3-1-7(2-4-8)5-9(16)6-15-14;10-8(14)5-6-1-3-7(4-2-6)9(11,12)13;10-9(11,12)7-3-1-6(2-4-7)5-8(13)14;7-4-3-6-2-1-5-8-6;1-4(2,3)6-5;;;;;1-4(2)3/h1-13,16,34-35H,14-15H2;4-7,9H,3,8H2,1-2H3;1-4,6H,5H2;1-4H,5H2;1-4H,5H2,(H,13,14);6H,1-3,5H2;1-3H3;4*1H4;. The number of benzene rings is 7. The lowest BCUT2D eigenvalue weighted by Crippen LogP contribution is -2.22. The van der Waals surface area contributed by atoms with Crippen LogP contribution < -0.4 is 0 Å². The van der Waals surface area contributed by atoms with Gasteiger partial charge in [0.25, 0.3) is 0 Å². The number of alkyl halides is 15. The Bertz CT molecular complexity index is 4560. The molecule has 1 saturated heterocycles. The lowest BCUT2D eigenvalue weighted by Gasteiger charge is -2.11. The number of nitriles is 1. The van der Waals surface area contributed by atoms with Crippen molar-refractivity contribution >= 4 is 88.7 Å². The van der Waals surface area contributed by atoms with E-state index in [1.54, 1.807) is 48.7 Å². The first-order valence-electron chi connectivity index (χ1n) is 33.6. The zero-order chi connectivity index (χ0) is 86.7. The van der Waals surface area contributed by atoms with Crippen molar-refractivity contribution in [2.45, 2.75) is 171 Å². The molecule has 652 valence electrons. The number of halogens is 19. The number of ether oxygens (including phenoxy) is 2. The molecule has 7 aromatic carbocycles. The maximum absolute atomic E-state index is 12.9. The van der Waals surface area contributed by atoms with E-state index in [1.807, 2.05) is 51.1 Å². The number of phenols is 1. The number of ketones is 2. The molecule has 3 N–H and O–H groups in total. The zero-order valence-corrected chi connectivity index (χ0v) is 65.1. The second-order valence-electron chi connectivity index (χ2n) is 25.1. The Labute approximate surface area is 700 Å². The summed E-state index contributed by atoms with van der Waals surface area (Å²) in [5, 5.41) is 36.6. The van der Waals surface area contributed by atoms with Crippen LogP contribution in [0, 0.1) is 11.3 Å². The highest BCUT2D eigenvalue weighted by Crippen LogP contribution is 2.35. The van der Waals surface area contributed by atoms with E-state index in [0.717, 1.165) is 103 Å². The SMILES string of the molecule is C.C.C.C.CC(C)(C)OCl.CCOC(C)C(=O)Cc1ccc(C(F)(F)F)cc1.N#CCC1CCCO1.O=C(Cl)Cc1ccc(C(F)(F)F)cc1.O=C(O)Cc1ccc(C(F)(F)F)cc1.O=S(Cl)Cl.Oc1ccc(-c2cn3c(O)c(Cc4ccc(C(F)(F)F)cc4)nc3c(Cc3ccccc3)n2)cc1.[N-]=[N+]=CC(=O)Cc1ccc(C(F)(F)F)cc1. The Kier molecular flexibility index (Phi) is 49.6. The number of aliphatic carboxylic acids is 1. The molecule has 0 aliphatic carbocycles. The lowest BCUT2D eigenvalue weighted by molar-refractivity contribution is -0.138. The van der Waals surface area contributed by atoms with Crippen LogP contribution in [0.4, 0.5) is 65.9 Å². The second kappa shape index (κ2) is 53.0. The Balaban J connectivity index is 0. The van der Waals surface area contributed by atoms with Crippen LogP contribution in [0.2, 0.25) is 0 Å². The Morgan fingerprint density at radius 3 is 1.32 bits per heavy atom.